The highest BCUT2D eigenvalue weighted by Gasteiger charge is 2.31. The number of halogens is 3. The maximum Gasteiger partial charge on any atom is 0.417 e. The van der Waals surface area contributed by atoms with E-state index in [9.17, 15) is 18.0 Å². The predicted octanol–water partition coefficient (Wildman–Crippen LogP) is 4.12. The second-order valence-electron chi connectivity index (χ2n) is 7.36. The number of aromatic nitrogens is 3. The number of fused-ring (bicyclic) bond motifs is 1. The first-order chi connectivity index (χ1) is 14.8. The summed E-state index contributed by atoms with van der Waals surface area (Å²) in [5.74, 6) is 1.73. The number of H-pyrrole nitrogens is 1. The standard InChI is InChI=1S/C21H22F3N5OS/c1-14(20-26-16-4-2-3-5-17(16)27-20)31-13-19(30)29-10-8-28(9-11-29)18-7-6-15(12-25-18)21(22,23)24/h2-7,12,14H,8-11,13H2,1H3,(H,26,27)/t14-/m1/s1. The highest BCUT2D eigenvalue weighted by Crippen LogP contribution is 2.30. The zero-order valence-corrected chi connectivity index (χ0v) is 17.7. The molecule has 1 N–H and O–H groups in total. The summed E-state index contributed by atoms with van der Waals surface area (Å²) >= 11 is 1.53. The third kappa shape index (κ3) is 4.95. The van der Waals surface area contributed by atoms with Gasteiger partial charge in [-0.2, -0.15) is 13.2 Å². The molecule has 1 aliphatic heterocycles. The number of alkyl halides is 3. The summed E-state index contributed by atoms with van der Waals surface area (Å²) in [6, 6.07) is 10.2. The summed E-state index contributed by atoms with van der Waals surface area (Å²) in [4.78, 5) is 28.1. The number of carbonyl (C=O) groups excluding carboxylic acids is 1. The molecule has 4 rings (SSSR count). The van der Waals surface area contributed by atoms with Crippen LogP contribution in [0.1, 0.15) is 23.6 Å². The Labute approximate surface area is 181 Å². The Morgan fingerprint density at radius 2 is 1.90 bits per heavy atom. The van der Waals surface area contributed by atoms with Gasteiger partial charge in [-0.15, -0.1) is 11.8 Å². The van der Waals surface area contributed by atoms with Gasteiger partial charge < -0.3 is 14.8 Å². The van der Waals surface area contributed by atoms with Crippen molar-refractivity contribution >= 4 is 34.5 Å². The van der Waals surface area contributed by atoms with Gasteiger partial charge in [0, 0.05) is 32.4 Å². The normalized spacial score (nSPS) is 16.0. The molecule has 0 radical (unpaired) electrons. The fourth-order valence-corrected chi connectivity index (χ4v) is 4.30. The van der Waals surface area contributed by atoms with Crippen molar-refractivity contribution in [3.63, 3.8) is 0 Å². The van der Waals surface area contributed by atoms with Crippen LogP contribution in [0, 0.1) is 0 Å². The van der Waals surface area contributed by atoms with Gasteiger partial charge in [0.15, 0.2) is 0 Å². The van der Waals surface area contributed by atoms with E-state index in [1.165, 1.54) is 17.8 Å². The molecule has 1 fully saturated rings. The van der Waals surface area contributed by atoms with Crippen LogP contribution in [0.4, 0.5) is 19.0 Å². The molecular formula is C21H22F3N5OS. The fraction of sp³-hybridized carbons (Fsp3) is 0.381. The average Bonchev–Trinajstić information content (AvgIpc) is 3.21. The first-order valence-electron chi connectivity index (χ1n) is 9.93. The average molecular weight is 450 g/mol. The molecule has 6 nitrogen and oxygen atoms in total. The molecular weight excluding hydrogens is 427 g/mol. The molecule has 3 aromatic rings. The number of hydrogen-bond donors (Lipinski definition) is 1. The first kappa shape index (κ1) is 21.5. The van der Waals surface area contributed by atoms with Crippen LogP contribution in [0.3, 0.4) is 0 Å². The molecule has 1 saturated heterocycles. The van der Waals surface area contributed by atoms with Crippen LogP contribution in [0.2, 0.25) is 0 Å². The summed E-state index contributed by atoms with van der Waals surface area (Å²) in [7, 11) is 0. The van der Waals surface area contributed by atoms with Gasteiger partial charge >= 0.3 is 6.18 Å². The number of carbonyl (C=O) groups is 1. The zero-order valence-electron chi connectivity index (χ0n) is 16.9. The van der Waals surface area contributed by atoms with E-state index in [2.05, 4.69) is 15.0 Å². The Morgan fingerprint density at radius 3 is 2.55 bits per heavy atom. The minimum Gasteiger partial charge on any atom is -0.353 e. The summed E-state index contributed by atoms with van der Waals surface area (Å²) in [5.41, 5.74) is 1.12. The molecule has 0 aliphatic carbocycles. The van der Waals surface area contributed by atoms with Crippen molar-refractivity contribution in [3.8, 4) is 0 Å². The number of aromatic amines is 1. The highest BCUT2D eigenvalue weighted by molar-refractivity contribution is 8.00. The minimum absolute atomic E-state index is 0.0491. The SMILES string of the molecule is C[C@@H](SCC(=O)N1CCN(c2ccc(C(F)(F)F)cn2)CC1)c1nc2ccccc2[nH]1. The van der Waals surface area contributed by atoms with Crippen LogP contribution in [0.15, 0.2) is 42.6 Å². The summed E-state index contributed by atoms with van der Waals surface area (Å²) in [5, 5.41) is 0.0500. The Balaban J connectivity index is 1.27. The number of rotatable bonds is 5. The maximum atomic E-state index is 12.7. The largest absolute Gasteiger partial charge is 0.417 e. The quantitative estimate of drug-likeness (QED) is 0.635. The third-order valence-electron chi connectivity index (χ3n) is 5.28. The predicted molar refractivity (Wildman–Crippen MR) is 115 cm³/mol. The van der Waals surface area contributed by atoms with Crippen molar-refractivity contribution in [2.75, 3.05) is 36.8 Å². The molecule has 1 aliphatic rings. The van der Waals surface area contributed by atoms with Crippen molar-refractivity contribution in [3.05, 3.63) is 54.0 Å². The number of nitrogens with zero attached hydrogens (tertiary/aromatic N) is 4. The number of para-hydroxylation sites is 2. The van der Waals surface area contributed by atoms with E-state index in [-0.39, 0.29) is 11.2 Å². The fourth-order valence-electron chi connectivity index (χ4n) is 3.46. The minimum atomic E-state index is -4.40. The van der Waals surface area contributed by atoms with E-state index in [1.54, 1.807) is 4.90 Å². The van der Waals surface area contributed by atoms with Gasteiger partial charge in [-0.05, 0) is 31.2 Å². The molecule has 0 saturated carbocycles. The van der Waals surface area contributed by atoms with Crippen LogP contribution in [0.5, 0.6) is 0 Å². The van der Waals surface area contributed by atoms with Gasteiger partial charge in [-0.25, -0.2) is 9.97 Å². The van der Waals surface area contributed by atoms with Crippen molar-refractivity contribution in [1.82, 2.24) is 19.9 Å². The molecule has 31 heavy (non-hydrogen) atoms. The van der Waals surface area contributed by atoms with Gasteiger partial charge in [0.05, 0.1) is 27.6 Å². The molecule has 0 bridgehead atoms. The lowest BCUT2D eigenvalue weighted by Gasteiger charge is -2.35. The summed E-state index contributed by atoms with van der Waals surface area (Å²) in [6.45, 7) is 4.12. The van der Waals surface area contributed by atoms with Gasteiger partial charge in [0.1, 0.15) is 11.6 Å². The summed E-state index contributed by atoms with van der Waals surface area (Å²) in [6.07, 6.45) is -3.54. The van der Waals surface area contributed by atoms with E-state index in [1.807, 2.05) is 36.1 Å². The number of anilines is 1. The summed E-state index contributed by atoms with van der Waals surface area (Å²) < 4.78 is 38.1. The molecule has 3 heterocycles. The van der Waals surface area contributed by atoms with Crippen LogP contribution in [0.25, 0.3) is 11.0 Å². The first-order valence-corrected chi connectivity index (χ1v) is 11.0. The number of imidazole rings is 1. The Bertz CT molecular complexity index is 1010. The van der Waals surface area contributed by atoms with Gasteiger partial charge in [0.2, 0.25) is 5.91 Å². The lowest BCUT2D eigenvalue weighted by atomic mass is 10.2. The Morgan fingerprint density at radius 1 is 1.16 bits per heavy atom. The van der Waals surface area contributed by atoms with E-state index in [0.717, 1.165) is 29.1 Å². The molecule has 164 valence electrons. The van der Waals surface area contributed by atoms with Crippen LogP contribution in [-0.2, 0) is 11.0 Å². The molecule has 1 amide bonds. The lowest BCUT2D eigenvalue weighted by molar-refractivity contribution is -0.137. The molecule has 1 atom stereocenters. The van der Waals surface area contributed by atoms with Crippen molar-refractivity contribution in [2.45, 2.75) is 18.3 Å². The number of amides is 1. The Kier molecular flexibility index (Phi) is 6.08. The van der Waals surface area contributed by atoms with Gasteiger partial charge in [0.25, 0.3) is 0 Å². The molecule has 1 aromatic carbocycles. The smallest absolute Gasteiger partial charge is 0.353 e. The van der Waals surface area contributed by atoms with E-state index >= 15 is 0 Å². The van der Waals surface area contributed by atoms with Crippen molar-refractivity contribution < 1.29 is 18.0 Å². The lowest BCUT2D eigenvalue weighted by Crippen LogP contribution is -2.49. The van der Waals surface area contributed by atoms with Crippen molar-refractivity contribution in [2.24, 2.45) is 0 Å². The molecule has 0 spiro atoms. The third-order valence-corrected chi connectivity index (χ3v) is 6.42. The number of benzene rings is 1. The second-order valence-corrected chi connectivity index (χ2v) is 8.69. The molecule has 2 aromatic heterocycles. The van der Waals surface area contributed by atoms with Crippen LogP contribution < -0.4 is 4.90 Å². The number of thioether (sulfide) groups is 1. The second kappa shape index (κ2) is 8.78. The number of pyridine rings is 1. The number of hydrogen-bond acceptors (Lipinski definition) is 5. The van der Waals surface area contributed by atoms with Gasteiger partial charge in [-0.3, -0.25) is 4.79 Å². The van der Waals surface area contributed by atoms with E-state index in [0.29, 0.717) is 37.7 Å². The zero-order chi connectivity index (χ0) is 22.0. The van der Waals surface area contributed by atoms with Crippen LogP contribution >= 0.6 is 11.8 Å². The molecule has 10 heteroatoms. The van der Waals surface area contributed by atoms with Gasteiger partial charge in [-0.1, -0.05) is 12.1 Å². The maximum absolute atomic E-state index is 12.7. The number of piperazine rings is 1. The topological polar surface area (TPSA) is 65.1 Å². The Hall–Kier alpha value is -2.75. The monoisotopic (exact) mass is 449 g/mol. The van der Waals surface area contributed by atoms with E-state index < -0.39 is 11.7 Å². The van der Waals surface area contributed by atoms with Crippen molar-refractivity contribution in [1.29, 1.82) is 0 Å². The highest BCUT2D eigenvalue weighted by atomic mass is 32.2. The number of nitrogens with one attached hydrogen (secondary N) is 1. The van der Waals surface area contributed by atoms with Crippen LogP contribution in [-0.4, -0.2) is 57.7 Å². The van der Waals surface area contributed by atoms with E-state index in [4.69, 9.17) is 0 Å². The molecule has 0 unspecified atom stereocenters.